The molecule has 0 amide bonds. The van der Waals surface area contributed by atoms with Crippen LogP contribution in [0, 0.1) is 5.82 Å². The number of carboxylic acids is 1. The SMILES string of the molecule is O=C(O)c1ccc(CS(=O)(=O)c2ccc(F)cc2)s1. The van der Waals surface area contributed by atoms with Crippen LogP contribution in [-0.4, -0.2) is 19.5 Å². The molecule has 1 N–H and O–H groups in total. The van der Waals surface area contributed by atoms with Crippen molar-refractivity contribution >= 4 is 27.1 Å². The van der Waals surface area contributed by atoms with Crippen LogP contribution in [0.5, 0.6) is 0 Å². The van der Waals surface area contributed by atoms with Crippen LogP contribution >= 0.6 is 11.3 Å². The lowest BCUT2D eigenvalue weighted by molar-refractivity contribution is 0.0702. The molecule has 0 aliphatic carbocycles. The van der Waals surface area contributed by atoms with Crippen molar-refractivity contribution in [3.05, 3.63) is 52.0 Å². The molecule has 0 saturated carbocycles. The van der Waals surface area contributed by atoms with Gasteiger partial charge in [-0.05, 0) is 36.4 Å². The van der Waals surface area contributed by atoms with Crippen molar-refractivity contribution in [3.63, 3.8) is 0 Å². The Morgan fingerprint density at radius 3 is 2.32 bits per heavy atom. The molecule has 100 valence electrons. The van der Waals surface area contributed by atoms with Crippen molar-refractivity contribution < 1.29 is 22.7 Å². The van der Waals surface area contributed by atoms with Gasteiger partial charge < -0.3 is 5.11 Å². The highest BCUT2D eigenvalue weighted by atomic mass is 32.2. The summed E-state index contributed by atoms with van der Waals surface area (Å²) in [4.78, 5) is 11.2. The summed E-state index contributed by atoms with van der Waals surface area (Å²) < 4.78 is 36.8. The third-order valence-corrected chi connectivity index (χ3v) is 5.31. The Hall–Kier alpha value is -1.73. The molecule has 0 bridgehead atoms. The number of halogens is 1. The summed E-state index contributed by atoms with van der Waals surface area (Å²) in [5.41, 5.74) is 0. The number of hydrogen-bond donors (Lipinski definition) is 1. The minimum Gasteiger partial charge on any atom is -0.477 e. The van der Waals surface area contributed by atoms with Gasteiger partial charge in [-0.1, -0.05) is 0 Å². The largest absolute Gasteiger partial charge is 0.477 e. The molecule has 0 saturated heterocycles. The molecule has 0 fully saturated rings. The second-order valence-corrected chi connectivity index (χ2v) is 6.94. The molecule has 0 atom stereocenters. The predicted octanol–water partition coefficient (Wildman–Crippen LogP) is 2.56. The van der Waals surface area contributed by atoms with Crippen molar-refractivity contribution in [2.24, 2.45) is 0 Å². The van der Waals surface area contributed by atoms with Gasteiger partial charge in [-0.2, -0.15) is 0 Å². The lowest BCUT2D eigenvalue weighted by Crippen LogP contribution is -2.03. The zero-order valence-electron chi connectivity index (χ0n) is 9.54. The van der Waals surface area contributed by atoms with E-state index in [1.165, 1.54) is 24.3 Å². The Morgan fingerprint density at radius 1 is 1.16 bits per heavy atom. The molecule has 0 aliphatic heterocycles. The molecule has 2 aromatic rings. The fraction of sp³-hybridized carbons (Fsp3) is 0.0833. The first-order valence-corrected chi connectivity index (χ1v) is 7.66. The van der Waals surface area contributed by atoms with Crippen LogP contribution in [0.25, 0.3) is 0 Å². The molecule has 4 nitrogen and oxygen atoms in total. The van der Waals surface area contributed by atoms with Gasteiger partial charge in [-0.15, -0.1) is 11.3 Å². The third kappa shape index (κ3) is 3.18. The van der Waals surface area contributed by atoms with E-state index >= 15 is 0 Å². The minimum atomic E-state index is -3.59. The lowest BCUT2D eigenvalue weighted by atomic mass is 10.4. The van der Waals surface area contributed by atoms with E-state index in [1.807, 2.05) is 0 Å². The molecular weight excluding hydrogens is 291 g/mol. The highest BCUT2D eigenvalue weighted by molar-refractivity contribution is 7.90. The van der Waals surface area contributed by atoms with Gasteiger partial charge in [0.05, 0.1) is 10.6 Å². The van der Waals surface area contributed by atoms with E-state index in [0.717, 1.165) is 23.5 Å². The molecule has 1 aromatic heterocycles. The Balaban J connectivity index is 2.25. The zero-order chi connectivity index (χ0) is 14.0. The van der Waals surface area contributed by atoms with Crippen LogP contribution in [0.2, 0.25) is 0 Å². The van der Waals surface area contributed by atoms with Crippen LogP contribution in [-0.2, 0) is 15.6 Å². The zero-order valence-corrected chi connectivity index (χ0v) is 11.2. The monoisotopic (exact) mass is 300 g/mol. The fourth-order valence-electron chi connectivity index (χ4n) is 1.48. The molecule has 0 spiro atoms. The van der Waals surface area contributed by atoms with E-state index in [1.54, 1.807) is 0 Å². The average molecular weight is 300 g/mol. The lowest BCUT2D eigenvalue weighted by Gasteiger charge is -2.02. The number of thiophene rings is 1. The first-order chi connectivity index (χ1) is 8.88. The van der Waals surface area contributed by atoms with Gasteiger partial charge in [0.15, 0.2) is 9.84 Å². The number of aromatic carboxylic acids is 1. The number of sulfone groups is 1. The summed E-state index contributed by atoms with van der Waals surface area (Å²) in [6.45, 7) is 0. The molecule has 2 rings (SSSR count). The van der Waals surface area contributed by atoms with Crippen LogP contribution in [0.15, 0.2) is 41.3 Å². The first kappa shape index (κ1) is 13.7. The predicted molar refractivity (Wildman–Crippen MR) is 68.6 cm³/mol. The Bertz CT molecular complexity index is 702. The summed E-state index contributed by atoms with van der Waals surface area (Å²) in [7, 11) is -3.59. The Morgan fingerprint density at radius 2 is 1.79 bits per heavy atom. The fourth-order valence-corrected chi connectivity index (χ4v) is 4.01. The van der Waals surface area contributed by atoms with Gasteiger partial charge in [0.2, 0.25) is 0 Å². The van der Waals surface area contributed by atoms with Gasteiger partial charge >= 0.3 is 5.97 Å². The van der Waals surface area contributed by atoms with E-state index in [4.69, 9.17) is 5.11 Å². The molecule has 1 heterocycles. The second-order valence-electron chi connectivity index (χ2n) is 3.78. The quantitative estimate of drug-likeness (QED) is 0.881. The van der Waals surface area contributed by atoms with Crippen molar-refractivity contribution in [2.75, 3.05) is 0 Å². The van der Waals surface area contributed by atoms with Crippen LogP contribution in [0.4, 0.5) is 4.39 Å². The standard InChI is InChI=1S/C12H9FO4S2/c13-8-1-4-10(5-2-8)19(16,17)7-9-3-6-11(18-9)12(14)15/h1-6H,7H2,(H,14,15). The van der Waals surface area contributed by atoms with E-state index in [9.17, 15) is 17.6 Å². The summed E-state index contributed by atoms with van der Waals surface area (Å²) in [5.74, 6) is -1.89. The smallest absolute Gasteiger partial charge is 0.345 e. The molecular formula is C12H9FO4S2. The van der Waals surface area contributed by atoms with Crippen LogP contribution in [0.3, 0.4) is 0 Å². The first-order valence-electron chi connectivity index (χ1n) is 5.19. The van der Waals surface area contributed by atoms with Gasteiger partial charge in [-0.25, -0.2) is 17.6 Å². The van der Waals surface area contributed by atoms with Crippen molar-refractivity contribution in [1.82, 2.24) is 0 Å². The summed E-state index contributed by atoms with van der Waals surface area (Å²) >= 11 is 0.913. The normalized spacial score (nSPS) is 11.4. The third-order valence-electron chi connectivity index (χ3n) is 2.38. The van der Waals surface area contributed by atoms with Crippen LogP contribution in [0.1, 0.15) is 14.5 Å². The van der Waals surface area contributed by atoms with E-state index in [2.05, 4.69) is 0 Å². The van der Waals surface area contributed by atoms with E-state index < -0.39 is 21.6 Å². The molecule has 19 heavy (non-hydrogen) atoms. The van der Waals surface area contributed by atoms with Gasteiger partial charge in [0, 0.05) is 4.88 Å². The van der Waals surface area contributed by atoms with Crippen molar-refractivity contribution in [3.8, 4) is 0 Å². The maximum atomic E-state index is 12.7. The average Bonchev–Trinajstić information content (AvgIpc) is 2.77. The number of benzene rings is 1. The van der Waals surface area contributed by atoms with E-state index in [-0.39, 0.29) is 15.5 Å². The molecule has 1 aromatic carbocycles. The van der Waals surface area contributed by atoms with Gasteiger partial charge in [0.1, 0.15) is 10.7 Å². The number of carboxylic acid groups (broad SMARTS) is 1. The maximum absolute atomic E-state index is 12.7. The Kier molecular flexibility index (Phi) is 3.68. The van der Waals surface area contributed by atoms with Gasteiger partial charge in [-0.3, -0.25) is 0 Å². The highest BCUT2D eigenvalue weighted by Gasteiger charge is 2.17. The van der Waals surface area contributed by atoms with Crippen molar-refractivity contribution in [1.29, 1.82) is 0 Å². The Labute approximate surface area is 113 Å². The van der Waals surface area contributed by atoms with Crippen LogP contribution < -0.4 is 0 Å². The number of carbonyl (C=O) groups is 1. The molecule has 7 heteroatoms. The molecule has 0 aliphatic rings. The summed E-state index contributed by atoms with van der Waals surface area (Å²) in [6.07, 6.45) is 0. The maximum Gasteiger partial charge on any atom is 0.345 e. The number of hydrogen-bond acceptors (Lipinski definition) is 4. The summed E-state index contributed by atoms with van der Waals surface area (Å²) in [5, 5.41) is 8.76. The molecule has 0 radical (unpaired) electrons. The topological polar surface area (TPSA) is 71.4 Å². The van der Waals surface area contributed by atoms with Gasteiger partial charge in [0.25, 0.3) is 0 Å². The van der Waals surface area contributed by atoms with Crippen molar-refractivity contribution in [2.45, 2.75) is 10.6 Å². The highest BCUT2D eigenvalue weighted by Crippen LogP contribution is 2.22. The minimum absolute atomic E-state index is 0.0131. The van der Waals surface area contributed by atoms with E-state index in [0.29, 0.717) is 4.88 Å². The number of rotatable bonds is 4. The molecule has 0 unspecified atom stereocenters. The second kappa shape index (κ2) is 5.10. The summed E-state index contributed by atoms with van der Waals surface area (Å²) in [6, 6.07) is 7.36.